The van der Waals surface area contributed by atoms with E-state index in [1.807, 2.05) is 11.1 Å². The normalized spacial score (nSPS) is 21.8. The molecule has 0 unspecified atom stereocenters. The second-order valence-electron chi connectivity index (χ2n) is 12.3. The Bertz CT molecular complexity index is 1580. The summed E-state index contributed by atoms with van der Waals surface area (Å²) in [6, 6.07) is 7.67. The van der Waals surface area contributed by atoms with Crippen molar-refractivity contribution in [3.63, 3.8) is 0 Å². The maximum absolute atomic E-state index is 12.1. The second-order valence-corrected chi connectivity index (χ2v) is 12.3. The number of anilines is 1. The number of fused-ring (bicyclic) bond motifs is 1. The van der Waals surface area contributed by atoms with E-state index < -0.39 is 0 Å². The van der Waals surface area contributed by atoms with Gasteiger partial charge in [0.15, 0.2) is 5.82 Å². The van der Waals surface area contributed by atoms with E-state index in [-0.39, 0.29) is 11.3 Å². The van der Waals surface area contributed by atoms with Gasteiger partial charge in [0.1, 0.15) is 18.2 Å². The Morgan fingerprint density at radius 3 is 2.76 bits per heavy atom. The van der Waals surface area contributed by atoms with Gasteiger partial charge >= 0.3 is 6.01 Å². The Morgan fingerprint density at radius 1 is 1.22 bits per heavy atom. The first-order valence-corrected chi connectivity index (χ1v) is 14.7. The van der Waals surface area contributed by atoms with Crippen LogP contribution in [0.15, 0.2) is 31.0 Å². The lowest BCUT2D eigenvalue weighted by molar-refractivity contribution is -0.136. The van der Waals surface area contributed by atoms with E-state index in [0.29, 0.717) is 54.9 Å². The highest BCUT2D eigenvalue weighted by molar-refractivity contribution is 5.97. The summed E-state index contributed by atoms with van der Waals surface area (Å²) in [5.41, 5.74) is 4.06. The van der Waals surface area contributed by atoms with Gasteiger partial charge in [0.2, 0.25) is 5.91 Å². The lowest BCUT2D eigenvalue weighted by Crippen LogP contribution is -2.59. The summed E-state index contributed by atoms with van der Waals surface area (Å²) in [6.45, 7) is 10.2. The van der Waals surface area contributed by atoms with Gasteiger partial charge in [0.05, 0.1) is 23.4 Å². The second kappa shape index (κ2) is 9.84. The number of nitrogens with zero attached hydrogens (tertiary/aromatic N) is 8. The molecule has 4 fully saturated rings. The van der Waals surface area contributed by atoms with E-state index in [2.05, 4.69) is 53.2 Å². The van der Waals surface area contributed by atoms with Gasteiger partial charge in [-0.15, -0.1) is 0 Å². The fraction of sp³-hybridized carbons (Fsp3) is 0.516. The fourth-order valence-electron chi connectivity index (χ4n) is 6.93. The highest BCUT2D eigenvalue weighted by atomic mass is 16.5. The van der Waals surface area contributed by atoms with Gasteiger partial charge < -0.3 is 19.4 Å². The lowest BCUT2D eigenvalue weighted by atomic mass is 9.79. The van der Waals surface area contributed by atoms with Crippen molar-refractivity contribution in [1.29, 1.82) is 5.26 Å². The van der Waals surface area contributed by atoms with Crippen molar-refractivity contribution >= 4 is 22.6 Å². The van der Waals surface area contributed by atoms with E-state index in [1.165, 1.54) is 6.08 Å². The summed E-state index contributed by atoms with van der Waals surface area (Å²) in [7, 11) is 2.13. The van der Waals surface area contributed by atoms with Gasteiger partial charge in [-0.3, -0.25) is 9.48 Å². The summed E-state index contributed by atoms with van der Waals surface area (Å²) < 4.78 is 8.42. The van der Waals surface area contributed by atoms with Gasteiger partial charge in [-0.2, -0.15) is 20.3 Å². The molecule has 3 saturated heterocycles. The molecule has 41 heavy (non-hydrogen) atoms. The minimum atomic E-state index is -0.0282. The molecule has 1 aliphatic carbocycles. The molecule has 3 aliphatic heterocycles. The van der Waals surface area contributed by atoms with E-state index >= 15 is 0 Å². The molecule has 2 aromatic heterocycles. The first kappa shape index (κ1) is 26.0. The molecule has 1 spiro atoms. The molecular weight excluding hydrogens is 516 g/mol. The highest BCUT2D eigenvalue weighted by Gasteiger charge is 2.49. The number of likely N-dealkylation sites (tertiary alicyclic amines) is 2. The van der Waals surface area contributed by atoms with Crippen LogP contribution in [0.4, 0.5) is 5.82 Å². The molecule has 5 heterocycles. The summed E-state index contributed by atoms with van der Waals surface area (Å²) in [5, 5.41) is 16.4. The molecule has 1 amide bonds. The maximum Gasteiger partial charge on any atom is 0.319 e. The van der Waals surface area contributed by atoms with Crippen molar-refractivity contribution in [3.8, 4) is 23.3 Å². The Kier molecular flexibility index (Phi) is 6.23. The third-order valence-electron chi connectivity index (χ3n) is 9.43. The average molecular weight is 553 g/mol. The Labute approximate surface area is 240 Å². The number of carbonyl (C=O) groups excluding carboxylic acids is 1. The molecule has 1 aromatic carbocycles. The van der Waals surface area contributed by atoms with Crippen LogP contribution in [-0.2, 0) is 4.79 Å². The van der Waals surface area contributed by atoms with E-state index in [9.17, 15) is 10.1 Å². The molecule has 0 radical (unpaired) electrons. The quantitative estimate of drug-likeness (QED) is 0.409. The number of aryl methyl sites for hydroxylation is 1. The SMILES string of the molecule is C=CC(=O)N1CC2(CCN(c3nc(OC[C@@H]4CCCN4C)nc(-c4c(C)ccc5cnn(C6CC6)c45)c3C#N)C2)C1. The molecule has 212 valence electrons. The molecular formula is C31H36N8O2. The Balaban J connectivity index is 1.31. The number of aromatic nitrogens is 4. The van der Waals surface area contributed by atoms with Gasteiger partial charge in [-0.1, -0.05) is 18.7 Å². The van der Waals surface area contributed by atoms with Crippen LogP contribution < -0.4 is 9.64 Å². The Hall–Kier alpha value is -3.97. The smallest absolute Gasteiger partial charge is 0.319 e. The molecule has 10 heteroatoms. The molecule has 0 bridgehead atoms. The molecule has 1 atom stereocenters. The van der Waals surface area contributed by atoms with Crippen molar-refractivity contribution in [2.75, 3.05) is 51.3 Å². The number of rotatable bonds is 7. The van der Waals surface area contributed by atoms with Crippen LogP contribution in [0.25, 0.3) is 22.2 Å². The molecule has 3 aromatic rings. The lowest BCUT2D eigenvalue weighted by Gasteiger charge is -2.47. The van der Waals surface area contributed by atoms with Crippen molar-refractivity contribution < 1.29 is 9.53 Å². The standard InChI is InChI=1S/C31H36N8O2/c1-4-25(40)38-18-31(19-38)11-13-37(17-31)29-24(14-32)27(34-30(35-29)41-16-23-6-5-12-36(23)3)26-20(2)7-8-21-15-33-39(28(21)26)22-9-10-22/h4,7-8,15,22-23H,1,5-6,9-13,16-19H2,2-3H3/t23-/m0/s1. The van der Waals surface area contributed by atoms with Gasteiger partial charge in [0.25, 0.3) is 0 Å². The number of amides is 1. The summed E-state index contributed by atoms with van der Waals surface area (Å²) in [4.78, 5) is 28.3. The first-order chi connectivity index (χ1) is 19.9. The van der Waals surface area contributed by atoms with Gasteiger partial charge in [0, 0.05) is 48.6 Å². The van der Waals surface area contributed by atoms with Gasteiger partial charge in [-0.05, 0) is 64.3 Å². The molecule has 10 nitrogen and oxygen atoms in total. The third kappa shape index (κ3) is 4.43. The van der Waals surface area contributed by atoms with E-state index in [4.69, 9.17) is 19.8 Å². The molecule has 4 aliphatic rings. The predicted molar refractivity (Wildman–Crippen MR) is 156 cm³/mol. The number of carbonyl (C=O) groups is 1. The van der Waals surface area contributed by atoms with Crippen LogP contribution in [-0.4, -0.2) is 87.9 Å². The average Bonchev–Trinajstić information content (AvgIpc) is 3.35. The van der Waals surface area contributed by atoms with Crippen molar-refractivity contribution in [3.05, 3.63) is 42.1 Å². The van der Waals surface area contributed by atoms with E-state index in [1.54, 1.807) is 0 Å². The van der Waals surface area contributed by atoms with Crippen molar-refractivity contribution in [1.82, 2.24) is 29.5 Å². The number of likely N-dealkylation sites (N-methyl/N-ethyl adjacent to an activating group) is 1. The summed E-state index contributed by atoms with van der Waals surface area (Å²) in [6.07, 6.45) is 8.68. The topological polar surface area (TPSA) is 103 Å². The van der Waals surface area contributed by atoms with Gasteiger partial charge in [-0.25, -0.2) is 0 Å². The number of hydrogen-bond donors (Lipinski definition) is 0. The summed E-state index contributed by atoms with van der Waals surface area (Å²) in [5.74, 6) is 0.589. The van der Waals surface area contributed by atoms with E-state index in [0.717, 1.165) is 73.8 Å². The predicted octanol–water partition coefficient (Wildman–Crippen LogP) is 3.71. The van der Waals surface area contributed by atoms with Crippen LogP contribution in [0.5, 0.6) is 6.01 Å². The first-order valence-electron chi connectivity index (χ1n) is 14.7. The highest BCUT2D eigenvalue weighted by Crippen LogP contribution is 2.45. The largest absolute Gasteiger partial charge is 0.462 e. The maximum atomic E-state index is 12.1. The number of hydrogen-bond acceptors (Lipinski definition) is 8. The zero-order valence-corrected chi connectivity index (χ0v) is 23.8. The van der Waals surface area contributed by atoms with Crippen LogP contribution >= 0.6 is 0 Å². The van der Waals surface area contributed by atoms with Crippen molar-refractivity contribution in [2.45, 2.75) is 51.1 Å². The minimum Gasteiger partial charge on any atom is -0.462 e. The number of ether oxygens (including phenoxy) is 1. The molecule has 1 saturated carbocycles. The summed E-state index contributed by atoms with van der Waals surface area (Å²) >= 11 is 0. The van der Waals surface area contributed by atoms with Crippen LogP contribution in [0.2, 0.25) is 0 Å². The monoisotopic (exact) mass is 552 g/mol. The molecule has 7 rings (SSSR count). The van der Waals surface area contributed by atoms with Crippen LogP contribution in [0.3, 0.4) is 0 Å². The van der Waals surface area contributed by atoms with Crippen LogP contribution in [0.1, 0.15) is 49.3 Å². The number of benzene rings is 1. The molecule has 0 N–H and O–H groups in total. The third-order valence-corrected chi connectivity index (χ3v) is 9.43. The Morgan fingerprint density at radius 2 is 2.05 bits per heavy atom. The van der Waals surface area contributed by atoms with Crippen LogP contribution in [0, 0.1) is 23.7 Å². The zero-order chi connectivity index (χ0) is 28.3. The minimum absolute atomic E-state index is 0.00458. The zero-order valence-electron chi connectivity index (χ0n) is 23.8. The van der Waals surface area contributed by atoms with Crippen molar-refractivity contribution in [2.24, 2.45) is 5.41 Å². The number of nitriles is 1. The fourth-order valence-corrected chi connectivity index (χ4v) is 6.93.